The van der Waals surface area contributed by atoms with Gasteiger partial charge in [-0.1, -0.05) is 0 Å². The maximum Gasteiger partial charge on any atom is 0.167 e. The van der Waals surface area contributed by atoms with Gasteiger partial charge in [0.1, 0.15) is 13.2 Å². The Hall–Kier alpha value is -1.26. The molecule has 1 unspecified atom stereocenters. The van der Waals surface area contributed by atoms with Crippen LogP contribution in [0.3, 0.4) is 0 Å². The molecule has 1 heterocycles. The van der Waals surface area contributed by atoms with E-state index in [4.69, 9.17) is 15.2 Å². The highest BCUT2D eigenvalue weighted by molar-refractivity contribution is 5.55. The molecular formula is C12H17NO3. The maximum atomic E-state index is 9.93. The fourth-order valence-corrected chi connectivity index (χ4v) is 1.96. The zero-order chi connectivity index (χ0) is 11.7. The molecule has 0 bridgehead atoms. The molecule has 0 spiro atoms. The molecule has 16 heavy (non-hydrogen) atoms. The molecule has 0 aliphatic carbocycles. The number of benzene rings is 1. The molecule has 1 aliphatic heterocycles. The van der Waals surface area contributed by atoms with E-state index in [0.29, 0.717) is 24.7 Å². The molecule has 3 N–H and O–H groups in total. The van der Waals surface area contributed by atoms with E-state index in [1.54, 1.807) is 0 Å². The number of hydrogen-bond donors (Lipinski definition) is 2. The van der Waals surface area contributed by atoms with Crippen molar-refractivity contribution in [3.8, 4) is 11.5 Å². The summed E-state index contributed by atoms with van der Waals surface area (Å²) in [7, 11) is 0. The molecule has 1 aliphatic rings. The lowest BCUT2D eigenvalue weighted by Crippen LogP contribution is -2.21. The van der Waals surface area contributed by atoms with Gasteiger partial charge in [0.15, 0.2) is 11.5 Å². The number of hydrogen-bond acceptors (Lipinski definition) is 4. The van der Waals surface area contributed by atoms with Crippen LogP contribution in [0.1, 0.15) is 22.8 Å². The van der Waals surface area contributed by atoms with E-state index in [9.17, 15) is 5.11 Å². The molecular weight excluding hydrogens is 206 g/mol. The molecule has 0 radical (unpaired) electrons. The van der Waals surface area contributed by atoms with Crippen molar-refractivity contribution in [1.82, 2.24) is 0 Å². The Morgan fingerprint density at radius 1 is 1.38 bits per heavy atom. The number of aryl methyl sites for hydroxylation is 1. The quantitative estimate of drug-likeness (QED) is 0.787. The van der Waals surface area contributed by atoms with Crippen molar-refractivity contribution in [1.29, 1.82) is 0 Å². The molecule has 0 aromatic heterocycles. The van der Waals surface area contributed by atoms with Gasteiger partial charge in [0.2, 0.25) is 0 Å². The Balaban J connectivity index is 2.59. The first-order valence-electron chi connectivity index (χ1n) is 5.43. The third kappa shape index (κ3) is 1.74. The summed E-state index contributed by atoms with van der Waals surface area (Å²) in [5.41, 5.74) is 8.36. The van der Waals surface area contributed by atoms with Gasteiger partial charge in [0.05, 0.1) is 6.10 Å². The Labute approximate surface area is 95.0 Å². The minimum absolute atomic E-state index is 0.181. The molecule has 0 fully saturated rings. The maximum absolute atomic E-state index is 9.93. The van der Waals surface area contributed by atoms with Crippen LogP contribution in [-0.4, -0.2) is 24.9 Å². The SMILES string of the molecule is Cc1cc2c(c(C(O)CN)c1C)OCCO2. The standard InChI is InChI=1S/C12H17NO3/c1-7-5-10-12(16-4-3-15-10)11(8(7)2)9(14)6-13/h5,9,14H,3-4,6,13H2,1-2H3. The summed E-state index contributed by atoms with van der Waals surface area (Å²) in [5.74, 6) is 1.35. The smallest absolute Gasteiger partial charge is 0.167 e. The third-order valence-electron chi connectivity index (χ3n) is 2.96. The summed E-state index contributed by atoms with van der Waals surface area (Å²) in [5, 5.41) is 9.93. The van der Waals surface area contributed by atoms with Crippen LogP contribution >= 0.6 is 0 Å². The van der Waals surface area contributed by atoms with Crippen LogP contribution in [0.25, 0.3) is 0 Å². The summed E-state index contributed by atoms with van der Waals surface area (Å²) < 4.78 is 11.1. The van der Waals surface area contributed by atoms with Crippen molar-refractivity contribution >= 4 is 0 Å². The topological polar surface area (TPSA) is 64.7 Å². The first kappa shape index (κ1) is 11.2. The molecule has 0 saturated carbocycles. The first-order valence-corrected chi connectivity index (χ1v) is 5.43. The number of ether oxygens (including phenoxy) is 2. The predicted octanol–water partition coefficient (Wildman–Crippen LogP) is 1.07. The second-order valence-electron chi connectivity index (χ2n) is 4.01. The Bertz CT molecular complexity index is 404. The monoisotopic (exact) mass is 223 g/mol. The van der Waals surface area contributed by atoms with E-state index in [0.717, 1.165) is 16.7 Å². The largest absolute Gasteiger partial charge is 0.486 e. The summed E-state index contributed by atoms with van der Waals surface area (Å²) in [6.45, 7) is 5.19. The molecule has 1 aromatic carbocycles. The molecule has 0 amide bonds. The molecule has 4 nitrogen and oxygen atoms in total. The average molecular weight is 223 g/mol. The highest BCUT2D eigenvalue weighted by Gasteiger charge is 2.23. The number of aliphatic hydroxyl groups excluding tert-OH is 1. The minimum Gasteiger partial charge on any atom is -0.486 e. The van der Waals surface area contributed by atoms with Gasteiger partial charge in [0.25, 0.3) is 0 Å². The normalized spacial score (nSPS) is 16.0. The lowest BCUT2D eigenvalue weighted by atomic mass is 9.97. The van der Waals surface area contributed by atoms with Gasteiger partial charge in [-0.05, 0) is 31.0 Å². The summed E-state index contributed by atoms with van der Waals surface area (Å²) in [6, 6.07) is 1.94. The number of fused-ring (bicyclic) bond motifs is 1. The fourth-order valence-electron chi connectivity index (χ4n) is 1.96. The highest BCUT2D eigenvalue weighted by Crippen LogP contribution is 2.40. The molecule has 88 valence electrons. The van der Waals surface area contributed by atoms with Gasteiger partial charge in [-0.2, -0.15) is 0 Å². The van der Waals surface area contributed by atoms with Crippen molar-refractivity contribution in [2.45, 2.75) is 20.0 Å². The second-order valence-corrected chi connectivity index (χ2v) is 4.01. The van der Waals surface area contributed by atoms with Gasteiger partial charge < -0.3 is 20.3 Å². The third-order valence-corrected chi connectivity index (χ3v) is 2.96. The Kier molecular flexibility index (Phi) is 3.03. The van der Waals surface area contributed by atoms with Gasteiger partial charge in [-0.15, -0.1) is 0 Å². The van der Waals surface area contributed by atoms with E-state index < -0.39 is 6.10 Å². The van der Waals surface area contributed by atoms with E-state index in [1.807, 2.05) is 19.9 Å². The van der Waals surface area contributed by atoms with Gasteiger partial charge >= 0.3 is 0 Å². The van der Waals surface area contributed by atoms with Crippen molar-refractivity contribution in [3.63, 3.8) is 0 Å². The van der Waals surface area contributed by atoms with E-state index >= 15 is 0 Å². The van der Waals surface area contributed by atoms with Gasteiger partial charge in [0, 0.05) is 12.1 Å². The van der Waals surface area contributed by atoms with Crippen molar-refractivity contribution < 1.29 is 14.6 Å². The summed E-state index contributed by atoms with van der Waals surface area (Å²) in [6.07, 6.45) is -0.699. The molecule has 1 atom stereocenters. The molecule has 4 heteroatoms. The first-order chi connectivity index (χ1) is 7.65. The van der Waals surface area contributed by atoms with E-state index in [-0.39, 0.29) is 6.54 Å². The average Bonchev–Trinajstić information content (AvgIpc) is 2.30. The summed E-state index contributed by atoms with van der Waals surface area (Å²) in [4.78, 5) is 0. The lowest BCUT2D eigenvalue weighted by Gasteiger charge is -2.25. The molecule has 0 saturated heterocycles. The van der Waals surface area contributed by atoms with Gasteiger partial charge in [-0.3, -0.25) is 0 Å². The van der Waals surface area contributed by atoms with Crippen LogP contribution in [0, 0.1) is 13.8 Å². The van der Waals surface area contributed by atoms with Crippen molar-refractivity contribution in [3.05, 3.63) is 22.8 Å². The lowest BCUT2D eigenvalue weighted by molar-refractivity contribution is 0.148. The predicted molar refractivity (Wildman–Crippen MR) is 60.9 cm³/mol. The zero-order valence-electron chi connectivity index (χ0n) is 9.62. The summed E-state index contributed by atoms with van der Waals surface area (Å²) >= 11 is 0. The molecule has 1 aromatic rings. The zero-order valence-corrected chi connectivity index (χ0v) is 9.62. The van der Waals surface area contributed by atoms with E-state index in [2.05, 4.69) is 0 Å². The van der Waals surface area contributed by atoms with Crippen molar-refractivity contribution in [2.24, 2.45) is 5.73 Å². The van der Waals surface area contributed by atoms with Crippen LogP contribution < -0.4 is 15.2 Å². The Morgan fingerprint density at radius 2 is 2.06 bits per heavy atom. The Morgan fingerprint density at radius 3 is 2.75 bits per heavy atom. The van der Waals surface area contributed by atoms with E-state index in [1.165, 1.54) is 0 Å². The molecule has 2 rings (SSSR count). The second kappa shape index (κ2) is 4.31. The van der Waals surface area contributed by atoms with Crippen LogP contribution in [0.4, 0.5) is 0 Å². The minimum atomic E-state index is -0.699. The van der Waals surface area contributed by atoms with Crippen LogP contribution in [0.2, 0.25) is 0 Å². The van der Waals surface area contributed by atoms with Crippen molar-refractivity contribution in [2.75, 3.05) is 19.8 Å². The fraction of sp³-hybridized carbons (Fsp3) is 0.500. The number of rotatable bonds is 2. The highest BCUT2D eigenvalue weighted by atomic mass is 16.6. The number of aliphatic hydroxyl groups is 1. The van der Waals surface area contributed by atoms with Crippen LogP contribution in [0.15, 0.2) is 6.07 Å². The van der Waals surface area contributed by atoms with Crippen LogP contribution in [-0.2, 0) is 0 Å². The van der Waals surface area contributed by atoms with Crippen LogP contribution in [0.5, 0.6) is 11.5 Å². The van der Waals surface area contributed by atoms with Gasteiger partial charge in [-0.25, -0.2) is 0 Å². The number of nitrogens with two attached hydrogens (primary N) is 1.